The van der Waals surface area contributed by atoms with Crippen LogP contribution in [0.15, 0.2) is 60.3 Å². The predicted octanol–water partition coefficient (Wildman–Crippen LogP) is 6.64. The van der Waals surface area contributed by atoms with Crippen molar-refractivity contribution < 1.29 is 0 Å². The summed E-state index contributed by atoms with van der Waals surface area (Å²) in [5, 5.41) is 0. The molecule has 0 aromatic rings. The summed E-state index contributed by atoms with van der Waals surface area (Å²) in [7, 11) is 0. The molecule has 0 saturated heterocycles. The molecule has 1 aliphatic carbocycles. The van der Waals surface area contributed by atoms with Gasteiger partial charge < -0.3 is 0 Å². The molecule has 20 heavy (non-hydrogen) atoms. The fourth-order valence-electron chi connectivity index (χ4n) is 2.44. The summed E-state index contributed by atoms with van der Waals surface area (Å²) in [5.74, 6) is 1.44. The van der Waals surface area contributed by atoms with Crippen LogP contribution in [0.4, 0.5) is 0 Å². The highest BCUT2D eigenvalue weighted by Gasteiger charge is 2.17. The van der Waals surface area contributed by atoms with Gasteiger partial charge in [0.1, 0.15) is 0 Å². The Hall–Kier alpha value is -1.30. The Bertz CT molecular complexity index is 377. The van der Waals surface area contributed by atoms with Gasteiger partial charge in [-0.05, 0) is 44.9 Å². The molecule has 1 aliphatic rings. The Balaban J connectivity index is 0.00000172. The first kappa shape index (κ1) is 18.7. The highest BCUT2D eigenvalue weighted by Crippen LogP contribution is 2.30. The van der Waals surface area contributed by atoms with Gasteiger partial charge >= 0.3 is 0 Å². The predicted molar refractivity (Wildman–Crippen MR) is 93.8 cm³/mol. The van der Waals surface area contributed by atoms with Gasteiger partial charge in [0, 0.05) is 0 Å². The molecule has 0 aliphatic heterocycles. The third-order valence-electron chi connectivity index (χ3n) is 3.60. The Labute approximate surface area is 126 Å². The van der Waals surface area contributed by atoms with Crippen molar-refractivity contribution in [2.75, 3.05) is 0 Å². The van der Waals surface area contributed by atoms with Crippen molar-refractivity contribution in [2.24, 2.45) is 11.8 Å². The first-order valence-corrected chi connectivity index (χ1v) is 7.98. The van der Waals surface area contributed by atoms with Crippen molar-refractivity contribution in [3.05, 3.63) is 60.3 Å². The van der Waals surface area contributed by atoms with Crippen LogP contribution in [0.5, 0.6) is 0 Å². The summed E-state index contributed by atoms with van der Waals surface area (Å²) in [6.07, 6.45) is 18.8. The van der Waals surface area contributed by atoms with Crippen LogP contribution in [0.1, 0.15) is 53.9 Å². The lowest BCUT2D eigenvalue weighted by atomic mass is 9.81. The lowest BCUT2D eigenvalue weighted by Crippen LogP contribution is -2.13. The van der Waals surface area contributed by atoms with Crippen molar-refractivity contribution >= 4 is 0 Å². The van der Waals surface area contributed by atoms with Crippen molar-refractivity contribution in [2.45, 2.75) is 53.9 Å². The van der Waals surface area contributed by atoms with E-state index in [-0.39, 0.29) is 0 Å². The van der Waals surface area contributed by atoms with E-state index in [1.54, 1.807) is 0 Å². The van der Waals surface area contributed by atoms with E-state index in [1.165, 1.54) is 30.4 Å². The van der Waals surface area contributed by atoms with Crippen LogP contribution in [0.3, 0.4) is 0 Å². The zero-order valence-electron chi connectivity index (χ0n) is 14.0. The normalized spacial score (nSPS) is 22.2. The van der Waals surface area contributed by atoms with E-state index >= 15 is 0 Å². The van der Waals surface area contributed by atoms with Crippen molar-refractivity contribution in [1.29, 1.82) is 0 Å². The van der Waals surface area contributed by atoms with Crippen LogP contribution < -0.4 is 0 Å². The molecule has 112 valence electrons. The fourth-order valence-corrected chi connectivity index (χ4v) is 2.44. The van der Waals surface area contributed by atoms with Gasteiger partial charge in [-0.3, -0.25) is 0 Å². The molecule has 0 spiro atoms. The highest BCUT2D eigenvalue weighted by atomic mass is 14.2. The zero-order chi connectivity index (χ0) is 15.4. The molecule has 0 saturated carbocycles. The average molecular weight is 272 g/mol. The lowest BCUT2D eigenvalue weighted by Gasteiger charge is -2.24. The Kier molecular flexibility index (Phi) is 10.8. The van der Waals surface area contributed by atoms with Gasteiger partial charge in [-0.25, -0.2) is 0 Å². The Morgan fingerprint density at radius 1 is 1.25 bits per heavy atom. The fraction of sp³-hybridized carbons (Fsp3) is 0.500. The van der Waals surface area contributed by atoms with Gasteiger partial charge in [0.15, 0.2) is 0 Å². The molecule has 0 amide bonds. The van der Waals surface area contributed by atoms with Crippen LogP contribution >= 0.6 is 0 Å². The minimum atomic E-state index is 0.713. The quantitative estimate of drug-likeness (QED) is 0.475. The molecule has 0 heterocycles. The largest absolute Gasteiger partial charge is 0.0991 e. The van der Waals surface area contributed by atoms with Crippen LogP contribution in [0.2, 0.25) is 0 Å². The molecule has 0 heteroatoms. The van der Waals surface area contributed by atoms with Gasteiger partial charge in [-0.2, -0.15) is 0 Å². The van der Waals surface area contributed by atoms with Crippen molar-refractivity contribution in [3.63, 3.8) is 0 Å². The SMILES string of the molecule is C=C/C=C\C=C(/C)CCC1C=CC(C)=CC1CC.CC. The second-order valence-electron chi connectivity index (χ2n) is 5.18. The van der Waals surface area contributed by atoms with Crippen LogP contribution in [-0.2, 0) is 0 Å². The first-order valence-electron chi connectivity index (χ1n) is 7.98. The maximum atomic E-state index is 3.67. The van der Waals surface area contributed by atoms with Gasteiger partial charge in [0.25, 0.3) is 0 Å². The molecule has 0 nitrogen and oxygen atoms in total. The van der Waals surface area contributed by atoms with Gasteiger partial charge in [0.05, 0.1) is 0 Å². The maximum absolute atomic E-state index is 3.67. The standard InChI is InChI=1S/C18H26.C2H6/c1-5-7-8-9-15(3)10-12-18-13-11-16(4)14-17(18)6-2;1-2/h5,7-9,11,13-14,17-18H,1,6,10,12H2,2-4H3;1-2H3/b8-7-,15-9+;. The van der Waals surface area contributed by atoms with E-state index in [1.807, 2.05) is 26.0 Å². The van der Waals surface area contributed by atoms with Gasteiger partial charge in [-0.15, -0.1) is 0 Å². The summed E-state index contributed by atoms with van der Waals surface area (Å²) in [5.41, 5.74) is 2.86. The monoisotopic (exact) mass is 272 g/mol. The molecule has 0 bridgehead atoms. The second kappa shape index (κ2) is 11.5. The molecule has 0 aromatic heterocycles. The topological polar surface area (TPSA) is 0 Å². The molecule has 2 unspecified atom stereocenters. The van der Waals surface area contributed by atoms with Crippen LogP contribution in [0.25, 0.3) is 0 Å². The highest BCUT2D eigenvalue weighted by molar-refractivity contribution is 5.24. The third kappa shape index (κ3) is 7.33. The van der Waals surface area contributed by atoms with Crippen LogP contribution in [-0.4, -0.2) is 0 Å². The van der Waals surface area contributed by atoms with E-state index in [2.05, 4.69) is 57.7 Å². The number of hydrogen-bond donors (Lipinski definition) is 0. The summed E-state index contributed by atoms with van der Waals surface area (Å²) < 4.78 is 0. The number of allylic oxidation sites excluding steroid dienone is 9. The van der Waals surface area contributed by atoms with Crippen molar-refractivity contribution in [1.82, 2.24) is 0 Å². The maximum Gasteiger partial charge on any atom is -0.0164 e. The summed E-state index contributed by atoms with van der Waals surface area (Å²) in [6.45, 7) is 14.4. The molecule has 0 aromatic carbocycles. The van der Waals surface area contributed by atoms with Gasteiger partial charge in [-0.1, -0.05) is 81.0 Å². The van der Waals surface area contributed by atoms with E-state index in [0.717, 1.165) is 5.92 Å². The van der Waals surface area contributed by atoms with Crippen molar-refractivity contribution in [3.8, 4) is 0 Å². The van der Waals surface area contributed by atoms with E-state index in [9.17, 15) is 0 Å². The number of hydrogen-bond acceptors (Lipinski definition) is 0. The second-order valence-corrected chi connectivity index (χ2v) is 5.18. The first-order chi connectivity index (χ1) is 9.67. The van der Waals surface area contributed by atoms with E-state index in [4.69, 9.17) is 0 Å². The lowest BCUT2D eigenvalue weighted by molar-refractivity contribution is 0.427. The van der Waals surface area contributed by atoms with Gasteiger partial charge in [0.2, 0.25) is 0 Å². The van der Waals surface area contributed by atoms with E-state index < -0.39 is 0 Å². The molecular weight excluding hydrogens is 240 g/mol. The molecule has 0 N–H and O–H groups in total. The Morgan fingerprint density at radius 3 is 2.55 bits per heavy atom. The molecular formula is C20H32. The van der Waals surface area contributed by atoms with E-state index in [0.29, 0.717) is 5.92 Å². The minimum Gasteiger partial charge on any atom is -0.0991 e. The smallest absolute Gasteiger partial charge is 0.0164 e. The Morgan fingerprint density at radius 2 is 1.95 bits per heavy atom. The molecule has 0 radical (unpaired) electrons. The van der Waals surface area contributed by atoms with Crippen LogP contribution in [0, 0.1) is 11.8 Å². The third-order valence-corrected chi connectivity index (χ3v) is 3.60. The minimum absolute atomic E-state index is 0.713. The molecule has 1 rings (SSSR count). The zero-order valence-corrected chi connectivity index (χ0v) is 14.0. The summed E-state index contributed by atoms with van der Waals surface area (Å²) in [4.78, 5) is 0. The number of rotatable bonds is 6. The summed E-state index contributed by atoms with van der Waals surface area (Å²) in [6, 6.07) is 0. The molecule has 2 atom stereocenters. The molecule has 0 fully saturated rings. The average Bonchev–Trinajstić information content (AvgIpc) is 2.48. The summed E-state index contributed by atoms with van der Waals surface area (Å²) >= 11 is 0.